The smallest absolute Gasteiger partial charge is 0.325 e. The number of aromatic nitrogens is 5. The Morgan fingerprint density at radius 1 is 1.22 bits per heavy atom. The van der Waals surface area contributed by atoms with Crippen molar-refractivity contribution in [2.24, 2.45) is 0 Å². The Bertz CT molecular complexity index is 998. The molecule has 0 saturated carbocycles. The quantitative estimate of drug-likeness (QED) is 0.718. The second-order valence-corrected chi connectivity index (χ2v) is 5.41. The summed E-state index contributed by atoms with van der Waals surface area (Å²) in [4.78, 5) is 33.9. The topological polar surface area (TPSA) is 99.2 Å². The van der Waals surface area contributed by atoms with Crippen LogP contribution in [-0.4, -0.2) is 37.7 Å². The van der Waals surface area contributed by atoms with E-state index in [1.807, 2.05) is 0 Å². The predicted molar refractivity (Wildman–Crippen MR) is 81.1 cm³/mol. The van der Waals surface area contributed by atoms with Crippen molar-refractivity contribution in [3.8, 4) is 11.3 Å². The van der Waals surface area contributed by atoms with Gasteiger partial charge in [0.15, 0.2) is 5.65 Å². The number of rotatable bonds is 2. The van der Waals surface area contributed by atoms with E-state index in [9.17, 15) is 14.0 Å². The Hall–Kier alpha value is -2.97. The highest BCUT2D eigenvalue weighted by atomic mass is 19.1. The van der Waals surface area contributed by atoms with Crippen LogP contribution in [0.4, 0.5) is 10.1 Å². The standard InChI is InChI=1S/C14H13FN6O2/c15-11-7-16-12-10(20-3-1-2-4-20)5-9(19-21(11)12)8-6-17-14(23)18-13(8)22/h5-7H,1-4H2,(H2,17,18,22,23). The number of fused-ring (bicyclic) bond motifs is 1. The lowest BCUT2D eigenvalue weighted by Gasteiger charge is -2.18. The van der Waals surface area contributed by atoms with Crippen LogP contribution in [-0.2, 0) is 0 Å². The first-order valence-corrected chi connectivity index (χ1v) is 7.25. The molecule has 0 radical (unpaired) electrons. The molecule has 0 aromatic carbocycles. The fourth-order valence-electron chi connectivity index (χ4n) is 2.85. The van der Waals surface area contributed by atoms with Gasteiger partial charge in [-0.05, 0) is 18.9 Å². The van der Waals surface area contributed by atoms with Gasteiger partial charge in [-0.15, -0.1) is 0 Å². The number of hydrogen-bond donors (Lipinski definition) is 2. The average molecular weight is 316 g/mol. The molecule has 3 aromatic rings. The van der Waals surface area contributed by atoms with Gasteiger partial charge in [-0.3, -0.25) is 9.78 Å². The zero-order valence-corrected chi connectivity index (χ0v) is 12.0. The van der Waals surface area contributed by atoms with E-state index < -0.39 is 17.2 Å². The fraction of sp³-hybridized carbons (Fsp3) is 0.286. The first-order chi connectivity index (χ1) is 11.1. The molecule has 0 unspecified atom stereocenters. The summed E-state index contributed by atoms with van der Waals surface area (Å²) in [5.74, 6) is -0.608. The molecule has 8 nitrogen and oxygen atoms in total. The lowest BCUT2D eigenvalue weighted by Crippen LogP contribution is -2.24. The van der Waals surface area contributed by atoms with E-state index in [4.69, 9.17) is 0 Å². The molecule has 23 heavy (non-hydrogen) atoms. The monoisotopic (exact) mass is 316 g/mol. The summed E-state index contributed by atoms with van der Waals surface area (Å²) in [5.41, 5.74) is 0.395. The van der Waals surface area contributed by atoms with Crippen LogP contribution in [0.3, 0.4) is 0 Å². The van der Waals surface area contributed by atoms with Gasteiger partial charge in [0.05, 0.1) is 17.4 Å². The third kappa shape index (κ3) is 2.20. The van der Waals surface area contributed by atoms with Crippen LogP contribution in [0, 0.1) is 5.95 Å². The van der Waals surface area contributed by atoms with Crippen LogP contribution in [0.5, 0.6) is 0 Å². The lowest BCUT2D eigenvalue weighted by molar-refractivity contribution is 0.549. The van der Waals surface area contributed by atoms with Crippen LogP contribution < -0.4 is 16.1 Å². The molecule has 0 spiro atoms. The molecule has 0 atom stereocenters. The molecule has 3 aromatic heterocycles. The summed E-state index contributed by atoms with van der Waals surface area (Å²) in [5, 5.41) is 4.14. The zero-order valence-electron chi connectivity index (χ0n) is 12.0. The van der Waals surface area contributed by atoms with Crippen LogP contribution >= 0.6 is 0 Å². The number of imidazole rings is 1. The maximum atomic E-state index is 13.9. The fourth-order valence-corrected chi connectivity index (χ4v) is 2.85. The Morgan fingerprint density at radius 3 is 2.74 bits per heavy atom. The minimum Gasteiger partial charge on any atom is -0.368 e. The van der Waals surface area contributed by atoms with Crippen molar-refractivity contribution in [2.45, 2.75) is 12.8 Å². The van der Waals surface area contributed by atoms with Crippen LogP contribution in [0.1, 0.15) is 12.8 Å². The molecule has 1 saturated heterocycles. The summed E-state index contributed by atoms with van der Waals surface area (Å²) in [6, 6.07) is 1.70. The van der Waals surface area contributed by atoms with Crippen molar-refractivity contribution < 1.29 is 4.39 Å². The third-order valence-electron chi connectivity index (χ3n) is 3.95. The Balaban J connectivity index is 1.98. The molecule has 0 amide bonds. The van der Waals surface area contributed by atoms with Crippen molar-refractivity contribution in [3.63, 3.8) is 0 Å². The molecular formula is C14H13FN6O2. The number of aromatic amines is 2. The normalized spacial score (nSPS) is 14.7. The minimum atomic E-state index is -0.608. The van der Waals surface area contributed by atoms with E-state index in [0.717, 1.165) is 42.3 Å². The second kappa shape index (κ2) is 5.04. The number of nitrogens with zero attached hydrogens (tertiary/aromatic N) is 4. The van der Waals surface area contributed by atoms with Gasteiger partial charge in [-0.25, -0.2) is 9.78 Å². The van der Waals surface area contributed by atoms with Crippen LogP contribution in [0.15, 0.2) is 28.0 Å². The maximum Gasteiger partial charge on any atom is 0.325 e. The number of hydrogen-bond acceptors (Lipinski definition) is 5. The predicted octanol–water partition coefficient (Wildman–Crippen LogP) is 0.512. The Kier molecular flexibility index (Phi) is 3.00. The highest BCUT2D eigenvalue weighted by molar-refractivity contribution is 5.74. The maximum absolute atomic E-state index is 13.9. The molecule has 4 rings (SSSR count). The summed E-state index contributed by atoms with van der Waals surface area (Å²) in [6.07, 6.45) is 4.47. The summed E-state index contributed by atoms with van der Waals surface area (Å²) < 4.78 is 15.0. The van der Waals surface area contributed by atoms with Crippen molar-refractivity contribution >= 4 is 11.3 Å². The van der Waals surface area contributed by atoms with E-state index in [1.165, 1.54) is 6.20 Å². The number of H-pyrrole nitrogens is 2. The molecule has 9 heteroatoms. The second-order valence-electron chi connectivity index (χ2n) is 5.41. The summed E-state index contributed by atoms with van der Waals surface area (Å²) in [7, 11) is 0. The van der Waals surface area contributed by atoms with Crippen molar-refractivity contribution in [1.29, 1.82) is 0 Å². The van der Waals surface area contributed by atoms with Gasteiger partial charge in [0.2, 0.25) is 5.95 Å². The number of halogens is 1. The van der Waals surface area contributed by atoms with Crippen molar-refractivity contribution in [3.05, 3.63) is 45.2 Å². The first kappa shape index (κ1) is 13.7. The van der Waals surface area contributed by atoms with E-state index in [1.54, 1.807) is 6.07 Å². The SMILES string of the molecule is O=c1[nH]cc(-c2cc(N3CCCC3)c3ncc(F)n3n2)c(=O)[nH]1. The molecule has 1 aliphatic heterocycles. The Morgan fingerprint density at radius 2 is 2.00 bits per heavy atom. The third-order valence-corrected chi connectivity index (χ3v) is 3.95. The van der Waals surface area contributed by atoms with Crippen molar-refractivity contribution in [2.75, 3.05) is 18.0 Å². The first-order valence-electron chi connectivity index (χ1n) is 7.25. The number of nitrogens with one attached hydrogen (secondary N) is 2. The average Bonchev–Trinajstić information content (AvgIpc) is 3.17. The molecule has 4 heterocycles. The van der Waals surface area contributed by atoms with Gasteiger partial charge >= 0.3 is 5.69 Å². The van der Waals surface area contributed by atoms with Gasteiger partial charge in [-0.2, -0.15) is 14.0 Å². The molecular weight excluding hydrogens is 303 g/mol. The molecule has 118 valence electrons. The lowest BCUT2D eigenvalue weighted by atomic mass is 10.2. The largest absolute Gasteiger partial charge is 0.368 e. The zero-order chi connectivity index (χ0) is 16.0. The van der Waals surface area contributed by atoms with Gasteiger partial charge in [-0.1, -0.05) is 0 Å². The van der Waals surface area contributed by atoms with Crippen LogP contribution in [0.25, 0.3) is 16.9 Å². The molecule has 0 bridgehead atoms. The van der Waals surface area contributed by atoms with E-state index >= 15 is 0 Å². The van der Waals surface area contributed by atoms with Crippen LogP contribution in [0.2, 0.25) is 0 Å². The molecule has 0 aliphatic carbocycles. The summed E-state index contributed by atoms with van der Waals surface area (Å²) >= 11 is 0. The highest BCUT2D eigenvalue weighted by Gasteiger charge is 2.20. The van der Waals surface area contributed by atoms with E-state index in [-0.39, 0.29) is 11.3 Å². The van der Waals surface area contributed by atoms with Gasteiger partial charge < -0.3 is 9.88 Å². The van der Waals surface area contributed by atoms with E-state index in [2.05, 4.69) is 25.0 Å². The molecule has 1 aliphatic rings. The molecule has 2 N–H and O–H groups in total. The van der Waals surface area contributed by atoms with Crippen molar-refractivity contribution in [1.82, 2.24) is 24.6 Å². The van der Waals surface area contributed by atoms with Gasteiger partial charge in [0, 0.05) is 19.3 Å². The highest BCUT2D eigenvalue weighted by Crippen LogP contribution is 2.28. The molecule has 1 fully saturated rings. The van der Waals surface area contributed by atoms with Gasteiger partial charge in [0.1, 0.15) is 5.69 Å². The minimum absolute atomic E-state index is 0.167. The number of anilines is 1. The van der Waals surface area contributed by atoms with E-state index in [0.29, 0.717) is 5.65 Å². The summed E-state index contributed by atoms with van der Waals surface area (Å²) in [6.45, 7) is 1.69. The Labute approximate surface area is 128 Å². The van der Waals surface area contributed by atoms with Gasteiger partial charge in [0.25, 0.3) is 5.56 Å².